The molecular weight excluding hydrogens is 1470 g/mol. The Labute approximate surface area is 702 Å². The monoisotopic (exact) mass is 1630 g/mol. The molecule has 19 heteroatoms. The Kier molecular flexibility index (Phi) is 68.4. The smallest absolute Gasteiger partial charge is 0.220 e. The molecule has 17 unspecified atom stereocenters. The lowest BCUT2D eigenvalue weighted by atomic mass is 9.96. The summed E-state index contributed by atoms with van der Waals surface area (Å²) in [6, 6.07) is -1.00. The summed E-state index contributed by atoms with van der Waals surface area (Å²) >= 11 is 0. The van der Waals surface area contributed by atoms with Gasteiger partial charge in [-0.05, 0) is 103 Å². The standard InChI is InChI=1S/C97H167NO18/c1-3-5-7-9-11-13-15-17-19-21-23-25-27-29-31-33-35-36-37-38-39-40-41-42-43-44-45-47-49-51-53-55-57-59-61-63-65-67-69-71-73-75-85(103)98-80(81(102)74-72-70-68-66-64-62-60-58-56-54-52-50-48-46-34-32-30-28-26-24-22-20-18-16-14-12-10-8-6-4-2)79-111-95-91(109)88(106)93(83(77-100)113-95)116-97-92(110)89(107)94(84(78-101)114-97)115-96-90(108)87(105)86(104)82(76-99)112-96/h5,7,11,13,17,19,23,25,29,31,35-36,38-39,41-42,44-45,64,66,72,74,80-84,86-97,99-102,104-110H,3-4,6,8-10,12,14-16,18,20-22,24,26-28,30,32-34,37,40,43,46-63,65,67-71,73,75-79H2,1-2H3,(H,98,103)/b7-5-,13-11-,19-17-,25-23-,31-29-,36-35-,39-38-,42-41-,45-44-,66-64+,74-72+. The van der Waals surface area contributed by atoms with Gasteiger partial charge in [0.2, 0.25) is 5.91 Å². The molecule has 0 bridgehead atoms. The second-order valence-electron chi connectivity index (χ2n) is 32.4. The summed E-state index contributed by atoms with van der Waals surface area (Å²) < 4.78 is 34.5. The zero-order valence-electron chi connectivity index (χ0n) is 72.2. The molecule has 116 heavy (non-hydrogen) atoms. The number of rotatable bonds is 74. The predicted molar refractivity (Wildman–Crippen MR) is 470 cm³/mol. The van der Waals surface area contributed by atoms with Crippen LogP contribution in [0, 0.1) is 0 Å². The van der Waals surface area contributed by atoms with E-state index >= 15 is 0 Å². The van der Waals surface area contributed by atoms with Crippen molar-refractivity contribution in [3.63, 3.8) is 0 Å². The predicted octanol–water partition coefficient (Wildman–Crippen LogP) is 18.4. The summed E-state index contributed by atoms with van der Waals surface area (Å²) in [6.45, 7) is 1.64. The molecule has 19 nitrogen and oxygen atoms in total. The van der Waals surface area contributed by atoms with Crippen molar-refractivity contribution in [3.8, 4) is 0 Å². The molecule has 0 spiro atoms. The van der Waals surface area contributed by atoms with Gasteiger partial charge in [-0.3, -0.25) is 4.79 Å². The van der Waals surface area contributed by atoms with Crippen LogP contribution in [0.15, 0.2) is 134 Å². The molecule has 0 saturated carbocycles. The Morgan fingerprint density at radius 3 is 0.966 bits per heavy atom. The first-order valence-electron chi connectivity index (χ1n) is 46.4. The van der Waals surface area contributed by atoms with Crippen LogP contribution in [-0.2, 0) is 33.2 Å². The minimum atomic E-state index is -1.99. The highest BCUT2D eigenvalue weighted by Gasteiger charge is 2.54. The van der Waals surface area contributed by atoms with Crippen LogP contribution in [0.1, 0.15) is 341 Å². The van der Waals surface area contributed by atoms with Gasteiger partial charge >= 0.3 is 0 Å². The third kappa shape index (κ3) is 52.3. The molecular formula is C97H167NO18. The number of hydrogen-bond acceptors (Lipinski definition) is 18. The van der Waals surface area contributed by atoms with Crippen molar-refractivity contribution in [1.82, 2.24) is 5.32 Å². The molecule has 0 radical (unpaired) electrons. The Morgan fingerprint density at radius 1 is 0.319 bits per heavy atom. The number of nitrogens with one attached hydrogen (secondary N) is 1. The molecule has 3 heterocycles. The molecule has 0 aliphatic carbocycles. The van der Waals surface area contributed by atoms with E-state index < -0.39 is 124 Å². The van der Waals surface area contributed by atoms with E-state index in [2.05, 4.69) is 141 Å². The maximum atomic E-state index is 13.5. The molecule has 3 aliphatic heterocycles. The molecule has 1 amide bonds. The molecule has 12 N–H and O–H groups in total. The molecule has 3 fully saturated rings. The third-order valence-electron chi connectivity index (χ3n) is 22.2. The summed E-state index contributed by atoms with van der Waals surface area (Å²) in [5.74, 6) is -0.288. The second-order valence-corrected chi connectivity index (χ2v) is 32.4. The van der Waals surface area contributed by atoms with Crippen LogP contribution in [0.2, 0.25) is 0 Å². The first kappa shape index (κ1) is 106. The van der Waals surface area contributed by atoms with Gasteiger partial charge in [-0.2, -0.15) is 0 Å². The van der Waals surface area contributed by atoms with Gasteiger partial charge < -0.3 is 89.9 Å². The fraction of sp³-hybridized carbons (Fsp3) is 0.763. The second kappa shape index (κ2) is 74.7. The fourth-order valence-corrected chi connectivity index (χ4v) is 14.9. The van der Waals surface area contributed by atoms with Crippen molar-refractivity contribution >= 4 is 5.91 Å². The van der Waals surface area contributed by atoms with Gasteiger partial charge in [0.05, 0.1) is 38.6 Å². The molecule has 0 aromatic heterocycles. The van der Waals surface area contributed by atoms with Crippen LogP contribution >= 0.6 is 0 Å². The average molecular weight is 1640 g/mol. The number of carbonyl (C=O) groups is 1. The van der Waals surface area contributed by atoms with Crippen LogP contribution < -0.4 is 5.32 Å². The van der Waals surface area contributed by atoms with E-state index in [-0.39, 0.29) is 18.9 Å². The minimum absolute atomic E-state index is 0.227. The van der Waals surface area contributed by atoms with Crippen LogP contribution in [0.4, 0.5) is 0 Å². The number of amides is 1. The summed E-state index contributed by atoms with van der Waals surface area (Å²) in [5, 5.41) is 121. The van der Waals surface area contributed by atoms with Crippen LogP contribution in [0.5, 0.6) is 0 Å². The topological polar surface area (TPSA) is 307 Å². The van der Waals surface area contributed by atoms with E-state index in [4.69, 9.17) is 28.4 Å². The Hall–Kier alpha value is -4.07. The number of hydrogen-bond donors (Lipinski definition) is 12. The van der Waals surface area contributed by atoms with Gasteiger partial charge in [0.15, 0.2) is 18.9 Å². The Morgan fingerprint density at radius 2 is 0.603 bits per heavy atom. The van der Waals surface area contributed by atoms with Crippen molar-refractivity contribution in [2.45, 2.75) is 446 Å². The van der Waals surface area contributed by atoms with Gasteiger partial charge in [-0.15, -0.1) is 0 Å². The number of aliphatic hydroxyl groups is 11. The normalized spacial score (nSPS) is 25.1. The Balaban J connectivity index is 1.33. The van der Waals surface area contributed by atoms with Crippen molar-refractivity contribution < 1.29 is 89.4 Å². The van der Waals surface area contributed by atoms with Crippen LogP contribution in [0.3, 0.4) is 0 Å². The SMILES string of the molecule is CC/C=C\C/C=C\C/C=C\C/C=C\C/C=C\C/C=C\C/C=C\C/C=C\C/C=C\CCCCCCCCCCCCCCCC(=O)NC(COC1OC(CO)C(OC2OC(CO)C(OC3OC(CO)C(O)C(O)C3O)C(O)C2O)C(O)C1O)C(O)/C=C/CC/C=C/CCCCCCCCCCCCCCCCCCCCCCCCCC. The highest BCUT2D eigenvalue weighted by atomic mass is 16.8. The summed E-state index contributed by atoms with van der Waals surface area (Å²) in [7, 11) is 0. The average Bonchev–Trinajstić information content (AvgIpc) is 0.783. The molecule has 3 rings (SSSR count). The van der Waals surface area contributed by atoms with Crippen LogP contribution in [0.25, 0.3) is 0 Å². The molecule has 0 aromatic carbocycles. The molecule has 668 valence electrons. The lowest BCUT2D eigenvalue weighted by Gasteiger charge is -2.48. The molecule has 3 aliphatic rings. The van der Waals surface area contributed by atoms with Gasteiger partial charge in [-0.1, -0.05) is 366 Å². The Bertz CT molecular complexity index is 2620. The van der Waals surface area contributed by atoms with Gasteiger partial charge in [-0.25, -0.2) is 0 Å². The van der Waals surface area contributed by atoms with E-state index in [1.807, 2.05) is 6.08 Å². The highest BCUT2D eigenvalue weighted by molar-refractivity contribution is 5.76. The quantitative estimate of drug-likeness (QED) is 0.0199. The van der Waals surface area contributed by atoms with E-state index in [0.717, 1.165) is 109 Å². The van der Waals surface area contributed by atoms with E-state index in [1.54, 1.807) is 6.08 Å². The van der Waals surface area contributed by atoms with Crippen molar-refractivity contribution in [3.05, 3.63) is 134 Å². The lowest BCUT2D eigenvalue weighted by molar-refractivity contribution is -0.379. The van der Waals surface area contributed by atoms with Crippen molar-refractivity contribution in [2.75, 3.05) is 26.4 Å². The van der Waals surface area contributed by atoms with Crippen molar-refractivity contribution in [1.29, 1.82) is 0 Å². The maximum absolute atomic E-state index is 13.5. The highest BCUT2D eigenvalue weighted by Crippen LogP contribution is 2.33. The number of allylic oxidation sites excluding steroid dienone is 21. The van der Waals surface area contributed by atoms with Gasteiger partial charge in [0, 0.05) is 6.42 Å². The summed E-state index contributed by atoms with van der Waals surface area (Å²) in [6.07, 6.45) is 81.7. The van der Waals surface area contributed by atoms with E-state index in [0.29, 0.717) is 12.8 Å². The maximum Gasteiger partial charge on any atom is 0.220 e. The zero-order valence-corrected chi connectivity index (χ0v) is 72.2. The van der Waals surface area contributed by atoms with Gasteiger partial charge in [0.1, 0.15) is 73.2 Å². The molecule has 17 atom stereocenters. The minimum Gasteiger partial charge on any atom is -0.394 e. The van der Waals surface area contributed by atoms with Crippen LogP contribution in [-0.4, -0.2) is 193 Å². The first-order valence-corrected chi connectivity index (χ1v) is 46.4. The van der Waals surface area contributed by atoms with Gasteiger partial charge in [0.25, 0.3) is 0 Å². The van der Waals surface area contributed by atoms with Crippen molar-refractivity contribution in [2.24, 2.45) is 0 Å². The number of carbonyl (C=O) groups excluding carboxylic acids is 1. The first-order chi connectivity index (χ1) is 56.8. The number of aliphatic hydroxyl groups excluding tert-OH is 11. The number of ether oxygens (including phenoxy) is 6. The van der Waals surface area contributed by atoms with E-state index in [9.17, 15) is 61.0 Å². The largest absolute Gasteiger partial charge is 0.394 e. The fourth-order valence-electron chi connectivity index (χ4n) is 14.9. The zero-order chi connectivity index (χ0) is 83.8. The molecule has 0 aromatic rings. The number of unbranched alkanes of at least 4 members (excludes halogenated alkanes) is 38. The lowest BCUT2D eigenvalue weighted by Crippen LogP contribution is -2.66. The van der Waals surface area contributed by atoms with E-state index in [1.165, 1.54) is 199 Å². The summed E-state index contributed by atoms with van der Waals surface area (Å²) in [4.78, 5) is 13.5. The third-order valence-corrected chi connectivity index (χ3v) is 22.2. The summed E-state index contributed by atoms with van der Waals surface area (Å²) in [5.41, 5.74) is 0. The molecule has 3 saturated heterocycles.